The molecule has 0 radical (unpaired) electrons. The molecule has 102 valence electrons. The van der Waals surface area contributed by atoms with Crippen LogP contribution in [0.3, 0.4) is 0 Å². The molecule has 2 aromatic carbocycles. The summed E-state index contributed by atoms with van der Waals surface area (Å²) in [6.07, 6.45) is 0. The van der Waals surface area contributed by atoms with Gasteiger partial charge in [-0.15, -0.1) is 0 Å². The zero-order valence-electron chi connectivity index (χ0n) is 11.5. The van der Waals surface area contributed by atoms with Crippen molar-refractivity contribution in [3.8, 4) is 0 Å². The first kappa shape index (κ1) is 12.7. The van der Waals surface area contributed by atoms with E-state index < -0.39 is 0 Å². The quantitative estimate of drug-likeness (QED) is 0.667. The minimum Gasteiger partial charge on any atom is -0.320 e. The largest absolute Gasteiger partial charge is 0.323 e. The van der Waals surface area contributed by atoms with Crippen molar-refractivity contribution in [3.05, 3.63) is 69.1 Å². The molecule has 4 nitrogen and oxygen atoms in total. The van der Waals surface area contributed by atoms with Gasteiger partial charge in [-0.3, -0.25) is 0 Å². The Morgan fingerprint density at radius 2 is 1.65 bits per heavy atom. The van der Waals surface area contributed by atoms with Crippen LogP contribution < -0.4 is 11.4 Å². The number of aromatic nitrogens is 2. The van der Waals surface area contributed by atoms with E-state index in [0.717, 1.165) is 22.2 Å². The molecule has 0 spiro atoms. The van der Waals surface area contributed by atoms with Crippen molar-refractivity contribution in [2.24, 2.45) is 5.73 Å². The molecule has 0 aliphatic heterocycles. The molecule has 0 bridgehead atoms. The number of hydrogen-bond donors (Lipinski definition) is 3. The Balaban J connectivity index is 2.12. The van der Waals surface area contributed by atoms with Crippen LogP contribution >= 0.6 is 0 Å². The fourth-order valence-corrected chi connectivity index (χ4v) is 2.73. The van der Waals surface area contributed by atoms with Crippen LogP contribution in [-0.2, 0) is 0 Å². The third kappa shape index (κ3) is 2.04. The molecule has 1 aromatic heterocycles. The fourth-order valence-electron chi connectivity index (χ4n) is 2.73. The molecule has 3 rings (SSSR count). The van der Waals surface area contributed by atoms with Gasteiger partial charge in [-0.2, -0.15) is 0 Å². The van der Waals surface area contributed by atoms with Gasteiger partial charge in [0, 0.05) is 0 Å². The van der Waals surface area contributed by atoms with E-state index >= 15 is 0 Å². The summed E-state index contributed by atoms with van der Waals surface area (Å²) in [4.78, 5) is 16.8. The standard InChI is InChI=1S/C16H17N3O/c1-9-4-3-5-10(2)14(9)15(17)11-6-7-12-13(8-11)19-16(20)18-12/h3-8,15H,17H2,1-2H3,(H2,18,19,20). The van der Waals surface area contributed by atoms with Gasteiger partial charge in [-0.1, -0.05) is 24.3 Å². The summed E-state index contributed by atoms with van der Waals surface area (Å²) >= 11 is 0. The van der Waals surface area contributed by atoms with Crippen LogP contribution in [0, 0.1) is 13.8 Å². The maximum absolute atomic E-state index is 11.3. The Morgan fingerprint density at radius 3 is 2.35 bits per heavy atom. The van der Waals surface area contributed by atoms with Gasteiger partial charge in [0.25, 0.3) is 0 Å². The summed E-state index contributed by atoms with van der Waals surface area (Å²) in [6.45, 7) is 4.14. The predicted octanol–water partition coefficient (Wildman–Crippen LogP) is 2.52. The lowest BCUT2D eigenvalue weighted by Crippen LogP contribution is -2.14. The summed E-state index contributed by atoms with van der Waals surface area (Å²) in [5, 5.41) is 0. The van der Waals surface area contributed by atoms with E-state index in [1.54, 1.807) is 0 Å². The lowest BCUT2D eigenvalue weighted by molar-refractivity contribution is 0.853. The maximum atomic E-state index is 11.3. The van der Waals surface area contributed by atoms with Gasteiger partial charge in [0.1, 0.15) is 0 Å². The van der Waals surface area contributed by atoms with E-state index in [-0.39, 0.29) is 11.7 Å². The van der Waals surface area contributed by atoms with Gasteiger partial charge in [0.15, 0.2) is 0 Å². The van der Waals surface area contributed by atoms with Crippen molar-refractivity contribution in [1.82, 2.24) is 9.97 Å². The van der Waals surface area contributed by atoms with E-state index in [1.165, 1.54) is 11.1 Å². The molecule has 0 amide bonds. The average Bonchev–Trinajstić information content (AvgIpc) is 2.77. The number of aromatic amines is 2. The van der Waals surface area contributed by atoms with Gasteiger partial charge in [-0.25, -0.2) is 4.79 Å². The molecule has 0 fully saturated rings. The minimum atomic E-state index is -0.196. The second kappa shape index (κ2) is 4.65. The van der Waals surface area contributed by atoms with Crippen LogP contribution in [0.2, 0.25) is 0 Å². The van der Waals surface area contributed by atoms with Crippen LogP contribution in [-0.4, -0.2) is 9.97 Å². The molecule has 0 aliphatic rings. The highest BCUT2D eigenvalue weighted by Gasteiger charge is 2.14. The topological polar surface area (TPSA) is 74.7 Å². The molecule has 4 heteroatoms. The van der Waals surface area contributed by atoms with E-state index in [0.29, 0.717) is 0 Å². The fraction of sp³-hybridized carbons (Fsp3) is 0.188. The Labute approximate surface area is 116 Å². The SMILES string of the molecule is Cc1cccc(C)c1C(N)c1ccc2[nH]c(=O)[nH]c2c1. The van der Waals surface area contributed by atoms with Gasteiger partial charge >= 0.3 is 5.69 Å². The zero-order valence-corrected chi connectivity index (χ0v) is 11.5. The van der Waals surface area contributed by atoms with Gasteiger partial charge in [0.2, 0.25) is 0 Å². The smallest absolute Gasteiger partial charge is 0.320 e. The summed E-state index contributed by atoms with van der Waals surface area (Å²) in [7, 11) is 0. The van der Waals surface area contributed by atoms with Crippen LogP contribution in [0.15, 0.2) is 41.2 Å². The Hall–Kier alpha value is -2.33. The van der Waals surface area contributed by atoms with Crippen molar-refractivity contribution in [1.29, 1.82) is 0 Å². The van der Waals surface area contributed by atoms with Crippen molar-refractivity contribution in [2.45, 2.75) is 19.9 Å². The lowest BCUT2D eigenvalue weighted by atomic mass is 9.92. The van der Waals surface area contributed by atoms with Crippen molar-refractivity contribution < 1.29 is 0 Å². The zero-order chi connectivity index (χ0) is 14.3. The molecule has 0 saturated carbocycles. The van der Waals surface area contributed by atoms with Crippen LogP contribution in [0.5, 0.6) is 0 Å². The highest BCUT2D eigenvalue weighted by atomic mass is 16.1. The third-order valence-corrected chi connectivity index (χ3v) is 3.75. The molecule has 1 atom stereocenters. The molecule has 0 aliphatic carbocycles. The lowest BCUT2D eigenvalue weighted by Gasteiger charge is -2.18. The Kier molecular flexibility index (Phi) is 2.95. The summed E-state index contributed by atoms with van der Waals surface area (Å²) in [5.41, 5.74) is 12.3. The first-order valence-corrected chi connectivity index (χ1v) is 6.60. The van der Waals surface area contributed by atoms with E-state index in [4.69, 9.17) is 5.73 Å². The van der Waals surface area contributed by atoms with Gasteiger partial charge in [-0.05, 0) is 48.2 Å². The third-order valence-electron chi connectivity index (χ3n) is 3.75. The molecule has 20 heavy (non-hydrogen) atoms. The van der Waals surface area contributed by atoms with Crippen LogP contribution in [0.25, 0.3) is 11.0 Å². The Morgan fingerprint density at radius 1 is 1.00 bits per heavy atom. The number of H-pyrrole nitrogens is 2. The van der Waals surface area contributed by atoms with E-state index in [9.17, 15) is 4.79 Å². The first-order chi connectivity index (χ1) is 9.56. The summed E-state index contributed by atoms with van der Waals surface area (Å²) in [6, 6.07) is 11.8. The van der Waals surface area contributed by atoms with E-state index in [2.05, 4.69) is 35.9 Å². The second-order valence-corrected chi connectivity index (χ2v) is 5.17. The molecule has 1 unspecified atom stereocenters. The normalized spacial score (nSPS) is 12.8. The molecular formula is C16H17N3O. The number of benzene rings is 2. The average molecular weight is 267 g/mol. The highest BCUT2D eigenvalue weighted by Crippen LogP contribution is 2.27. The minimum absolute atomic E-state index is 0.195. The number of fused-ring (bicyclic) bond motifs is 1. The summed E-state index contributed by atoms with van der Waals surface area (Å²) < 4.78 is 0. The predicted molar refractivity (Wildman–Crippen MR) is 80.9 cm³/mol. The maximum Gasteiger partial charge on any atom is 0.323 e. The summed E-state index contributed by atoms with van der Waals surface area (Å²) in [5.74, 6) is 0. The number of nitrogens with one attached hydrogen (secondary N) is 2. The highest BCUT2D eigenvalue weighted by molar-refractivity contribution is 5.75. The number of imidazole rings is 1. The van der Waals surface area contributed by atoms with Crippen molar-refractivity contribution >= 4 is 11.0 Å². The van der Waals surface area contributed by atoms with Crippen LogP contribution in [0.4, 0.5) is 0 Å². The van der Waals surface area contributed by atoms with E-state index in [1.807, 2.05) is 24.3 Å². The number of nitrogens with two attached hydrogens (primary N) is 1. The van der Waals surface area contributed by atoms with Crippen molar-refractivity contribution in [2.75, 3.05) is 0 Å². The number of rotatable bonds is 2. The first-order valence-electron chi connectivity index (χ1n) is 6.60. The Bertz CT molecular complexity index is 809. The number of hydrogen-bond acceptors (Lipinski definition) is 2. The van der Waals surface area contributed by atoms with Crippen LogP contribution in [0.1, 0.15) is 28.3 Å². The second-order valence-electron chi connectivity index (χ2n) is 5.17. The van der Waals surface area contributed by atoms with Crippen molar-refractivity contribution in [3.63, 3.8) is 0 Å². The number of aryl methyl sites for hydroxylation is 2. The monoisotopic (exact) mass is 267 g/mol. The molecule has 4 N–H and O–H groups in total. The molecular weight excluding hydrogens is 250 g/mol. The molecule has 0 saturated heterocycles. The molecule has 3 aromatic rings. The van der Waals surface area contributed by atoms with Gasteiger partial charge in [0.05, 0.1) is 17.1 Å². The molecule has 1 heterocycles. The van der Waals surface area contributed by atoms with Gasteiger partial charge < -0.3 is 15.7 Å².